The van der Waals surface area contributed by atoms with E-state index in [1.807, 2.05) is 83.1 Å². The number of anilines is 1. The van der Waals surface area contributed by atoms with Crippen LogP contribution in [0.25, 0.3) is 11.3 Å². The van der Waals surface area contributed by atoms with E-state index in [1.54, 1.807) is 18.1 Å². The van der Waals surface area contributed by atoms with Crippen LogP contribution < -0.4 is 9.64 Å². The molecule has 0 radical (unpaired) electrons. The number of ether oxygens (including phenoxy) is 1. The highest BCUT2D eigenvalue weighted by molar-refractivity contribution is 7.12. The van der Waals surface area contributed by atoms with Crippen LogP contribution in [-0.2, 0) is 11.3 Å². The molecule has 1 aliphatic rings. The third-order valence-electron chi connectivity index (χ3n) is 6.53. The van der Waals surface area contributed by atoms with Gasteiger partial charge in [-0.3, -0.25) is 9.59 Å². The molecule has 0 N–H and O–H groups in total. The Bertz CT molecular complexity index is 1350. The summed E-state index contributed by atoms with van der Waals surface area (Å²) in [6, 6.07) is 25.0. The Hall–Kier alpha value is -4.24. The maximum atomic E-state index is 13.2. The minimum atomic E-state index is -0.123. The molecule has 9 heteroatoms. The summed E-state index contributed by atoms with van der Waals surface area (Å²) in [6.07, 6.45) is 0. The van der Waals surface area contributed by atoms with Gasteiger partial charge in [0.1, 0.15) is 12.3 Å². The van der Waals surface area contributed by atoms with Crippen molar-refractivity contribution >= 4 is 29.0 Å². The zero-order valence-electron chi connectivity index (χ0n) is 21.2. The first-order chi connectivity index (χ1) is 18.6. The molecule has 0 atom stereocenters. The number of nitrogens with zero attached hydrogens (tertiary/aromatic N) is 5. The molecule has 0 aliphatic carbocycles. The van der Waals surface area contributed by atoms with Crippen molar-refractivity contribution in [3.8, 4) is 17.0 Å². The number of hydrogen-bond donors (Lipinski definition) is 0. The molecule has 0 unspecified atom stereocenters. The van der Waals surface area contributed by atoms with Crippen LogP contribution >= 0.6 is 11.3 Å². The normalized spacial score (nSPS) is 13.3. The van der Waals surface area contributed by atoms with Crippen LogP contribution in [-0.4, -0.2) is 71.6 Å². The minimum absolute atomic E-state index is 0.0423. The van der Waals surface area contributed by atoms with E-state index >= 15 is 0 Å². The predicted octanol–water partition coefficient (Wildman–Crippen LogP) is 4.20. The van der Waals surface area contributed by atoms with Gasteiger partial charge >= 0.3 is 0 Å². The molecule has 3 heterocycles. The smallest absolute Gasteiger partial charge is 0.264 e. The number of hydrogen-bond acceptors (Lipinski definition) is 7. The van der Waals surface area contributed by atoms with Crippen LogP contribution in [0.1, 0.15) is 15.2 Å². The second-order valence-electron chi connectivity index (χ2n) is 9.00. The van der Waals surface area contributed by atoms with Crippen LogP contribution in [0.4, 0.5) is 5.82 Å². The summed E-state index contributed by atoms with van der Waals surface area (Å²) >= 11 is 1.39. The summed E-state index contributed by atoms with van der Waals surface area (Å²) in [4.78, 5) is 32.6. The van der Waals surface area contributed by atoms with Crippen molar-refractivity contribution in [2.24, 2.45) is 0 Å². The standard InChI is InChI=1S/C29H29N5O3S/c1-37-24-10-5-9-23(19-24)25-12-13-27(31-30-25)32-14-16-33(17-15-32)28(35)21-34(20-22-7-3-2-4-8-22)29(36)26-11-6-18-38-26/h2-13,18-19H,14-17,20-21H2,1H3. The zero-order chi connectivity index (χ0) is 26.3. The van der Waals surface area contributed by atoms with Gasteiger partial charge in [0.2, 0.25) is 5.91 Å². The van der Waals surface area contributed by atoms with Gasteiger partial charge in [0.05, 0.1) is 17.7 Å². The lowest BCUT2D eigenvalue weighted by atomic mass is 10.1. The molecular formula is C29H29N5O3S. The third-order valence-corrected chi connectivity index (χ3v) is 7.39. The van der Waals surface area contributed by atoms with Gasteiger partial charge < -0.3 is 19.4 Å². The molecule has 2 amide bonds. The third kappa shape index (κ3) is 6.00. The van der Waals surface area contributed by atoms with Crippen LogP contribution in [0.15, 0.2) is 84.2 Å². The van der Waals surface area contributed by atoms with E-state index in [-0.39, 0.29) is 18.4 Å². The molecule has 1 fully saturated rings. The molecular weight excluding hydrogens is 498 g/mol. The lowest BCUT2D eigenvalue weighted by Crippen LogP contribution is -2.52. The fourth-order valence-corrected chi connectivity index (χ4v) is 5.13. The van der Waals surface area contributed by atoms with Crippen molar-refractivity contribution in [3.05, 3.63) is 94.7 Å². The van der Waals surface area contributed by atoms with Crippen molar-refractivity contribution in [3.63, 3.8) is 0 Å². The van der Waals surface area contributed by atoms with Crippen LogP contribution in [0.2, 0.25) is 0 Å². The maximum Gasteiger partial charge on any atom is 0.264 e. The topological polar surface area (TPSA) is 78.9 Å². The first-order valence-corrected chi connectivity index (χ1v) is 13.4. The average Bonchev–Trinajstić information content (AvgIpc) is 3.52. The van der Waals surface area contributed by atoms with Gasteiger partial charge in [0, 0.05) is 38.3 Å². The van der Waals surface area contributed by atoms with E-state index in [2.05, 4.69) is 15.1 Å². The maximum absolute atomic E-state index is 13.2. The van der Waals surface area contributed by atoms with Gasteiger partial charge in [0.15, 0.2) is 5.82 Å². The number of piperazine rings is 1. The van der Waals surface area contributed by atoms with E-state index < -0.39 is 0 Å². The summed E-state index contributed by atoms with van der Waals surface area (Å²) in [5, 5.41) is 10.7. The molecule has 4 aromatic rings. The summed E-state index contributed by atoms with van der Waals surface area (Å²) in [7, 11) is 1.64. The van der Waals surface area contributed by atoms with E-state index in [9.17, 15) is 9.59 Å². The van der Waals surface area contributed by atoms with Gasteiger partial charge in [-0.1, -0.05) is 48.5 Å². The number of carbonyl (C=O) groups is 2. The number of amides is 2. The van der Waals surface area contributed by atoms with Gasteiger partial charge in [-0.25, -0.2) is 0 Å². The lowest BCUT2D eigenvalue weighted by Gasteiger charge is -2.36. The highest BCUT2D eigenvalue weighted by Crippen LogP contribution is 2.23. The monoisotopic (exact) mass is 527 g/mol. The molecule has 8 nitrogen and oxygen atoms in total. The molecule has 0 bridgehead atoms. The van der Waals surface area contributed by atoms with Crippen molar-refractivity contribution in [2.75, 3.05) is 44.7 Å². The molecule has 2 aromatic carbocycles. The Morgan fingerprint density at radius 3 is 2.42 bits per heavy atom. The van der Waals surface area contributed by atoms with Gasteiger partial charge in [-0.15, -0.1) is 21.5 Å². The van der Waals surface area contributed by atoms with Gasteiger partial charge in [0.25, 0.3) is 5.91 Å². The first kappa shape index (κ1) is 25.4. The number of methoxy groups -OCH3 is 1. The van der Waals surface area contributed by atoms with E-state index in [1.165, 1.54) is 11.3 Å². The molecule has 38 heavy (non-hydrogen) atoms. The number of thiophene rings is 1. The van der Waals surface area contributed by atoms with Crippen LogP contribution in [0, 0.1) is 0 Å². The predicted molar refractivity (Wildman–Crippen MR) is 148 cm³/mol. The number of benzene rings is 2. The molecule has 1 saturated heterocycles. The summed E-state index contributed by atoms with van der Waals surface area (Å²) < 4.78 is 5.30. The van der Waals surface area contributed by atoms with E-state index in [0.29, 0.717) is 37.6 Å². The Morgan fingerprint density at radius 2 is 1.74 bits per heavy atom. The SMILES string of the molecule is COc1cccc(-c2ccc(N3CCN(C(=O)CN(Cc4ccccc4)C(=O)c4cccs4)CC3)nn2)c1. The highest BCUT2D eigenvalue weighted by Gasteiger charge is 2.26. The molecule has 1 aliphatic heterocycles. The van der Waals surface area contributed by atoms with Crippen molar-refractivity contribution in [1.29, 1.82) is 0 Å². The number of aromatic nitrogens is 2. The molecule has 194 valence electrons. The minimum Gasteiger partial charge on any atom is -0.497 e. The van der Waals surface area contributed by atoms with E-state index in [0.717, 1.165) is 28.4 Å². The second kappa shape index (κ2) is 11.9. The van der Waals surface area contributed by atoms with E-state index in [4.69, 9.17) is 4.74 Å². The Kier molecular flexibility index (Phi) is 7.94. The average molecular weight is 528 g/mol. The summed E-state index contributed by atoms with van der Waals surface area (Å²) in [6.45, 7) is 2.85. The van der Waals surface area contributed by atoms with Crippen LogP contribution in [0.3, 0.4) is 0 Å². The number of carbonyl (C=O) groups excluding carboxylic acids is 2. The van der Waals surface area contributed by atoms with Gasteiger partial charge in [-0.05, 0) is 41.3 Å². The Balaban J connectivity index is 1.20. The fraction of sp³-hybridized carbons (Fsp3) is 0.241. The first-order valence-electron chi connectivity index (χ1n) is 12.5. The Labute approximate surface area is 226 Å². The molecule has 5 rings (SSSR count). The molecule has 0 spiro atoms. The molecule has 2 aromatic heterocycles. The summed E-state index contributed by atoms with van der Waals surface area (Å²) in [5.41, 5.74) is 2.71. The largest absolute Gasteiger partial charge is 0.497 e. The van der Waals surface area contributed by atoms with Crippen molar-refractivity contribution in [1.82, 2.24) is 20.0 Å². The number of rotatable bonds is 8. The summed E-state index contributed by atoms with van der Waals surface area (Å²) in [5.74, 6) is 1.38. The quantitative estimate of drug-likeness (QED) is 0.342. The lowest BCUT2D eigenvalue weighted by molar-refractivity contribution is -0.132. The molecule has 0 saturated carbocycles. The second-order valence-corrected chi connectivity index (χ2v) is 9.95. The Morgan fingerprint density at radius 1 is 0.921 bits per heavy atom. The van der Waals surface area contributed by atoms with Gasteiger partial charge in [-0.2, -0.15) is 0 Å². The van der Waals surface area contributed by atoms with Crippen molar-refractivity contribution in [2.45, 2.75) is 6.54 Å². The highest BCUT2D eigenvalue weighted by atomic mass is 32.1. The zero-order valence-corrected chi connectivity index (χ0v) is 22.0. The fourth-order valence-electron chi connectivity index (χ4n) is 4.44. The van der Waals surface area contributed by atoms with Crippen LogP contribution in [0.5, 0.6) is 5.75 Å². The van der Waals surface area contributed by atoms with Crippen molar-refractivity contribution < 1.29 is 14.3 Å².